The van der Waals surface area contributed by atoms with Crippen LogP contribution in [0.15, 0.2) is 36.7 Å². The summed E-state index contributed by atoms with van der Waals surface area (Å²) in [7, 11) is 0. The van der Waals surface area contributed by atoms with Gasteiger partial charge in [0, 0.05) is 18.4 Å². The fraction of sp³-hybridized carbons (Fsp3) is 0.375. The number of carboxylic acids is 1. The van der Waals surface area contributed by atoms with Gasteiger partial charge in [0.25, 0.3) is 0 Å². The Labute approximate surface area is 128 Å². The van der Waals surface area contributed by atoms with Gasteiger partial charge < -0.3 is 14.6 Å². The van der Waals surface area contributed by atoms with E-state index in [1.807, 2.05) is 24.3 Å². The Kier molecular flexibility index (Phi) is 4.50. The number of hydrogen-bond acceptors (Lipinski definition) is 4. The van der Waals surface area contributed by atoms with Crippen LogP contribution in [0, 0.1) is 0 Å². The second-order valence-electron chi connectivity index (χ2n) is 5.32. The molecule has 1 aromatic carbocycles. The summed E-state index contributed by atoms with van der Waals surface area (Å²) in [6, 6.07) is 8.00. The Bertz CT molecular complexity index is 647. The summed E-state index contributed by atoms with van der Waals surface area (Å²) >= 11 is 0. The van der Waals surface area contributed by atoms with Crippen LogP contribution < -0.4 is 0 Å². The molecule has 6 heteroatoms. The summed E-state index contributed by atoms with van der Waals surface area (Å²) in [5, 5.41) is 12.8. The lowest BCUT2D eigenvalue weighted by atomic mass is 10.1. The van der Waals surface area contributed by atoms with Gasteiger partial charge in [0.1, 0.15) is 6.54 Å². The zero-order valence-electron chi connectivity index (χ0n) is 12.1. The normalized spacial score (nSPS) is 17.7. The molecule has 1 saturated heterocycles. The maximum atomic E-state index is 10.7. The third-order valence-electron chi connectivity index (χ3n) is 3.56. The second kappa shape index (κ2) is 6.72. The van der Waals surface area contributed by atoms with E-state index in [1.54, 1.807) is 12.4 Å². The predicted octanol–water partition coefficient (Wildman–Crippen LogP) is 1.94. The van der Waals surface area contributed by atoms with Crippen LogP contribution in [0.4, 0.5) is 0 Å². The minimum atomic E-state index is -0.907. The molecular formula is C16H18N2O4. The molecule has 22 heavy (non-hydrogen) atoms. The third-order valence-corrected chi connectivity index (χ3v) is 3.56. The van der Waals surface area contributed by atoms with Crippen molar-refractivity contribution in [2.24, 2.45) is 0 Å². The lowest BCUT2D eigenvalue weighted by molar-refractivity contribution is -0.137. The van der Waals surface area contributed by atoms with Crippen LogP contribution in [-0.4, -0.2) is 40.2 Å². The Morgan fingerprint density at radius 3 is 3.14 bits per heavy atom. The molecule has 0 radical (unpaired) electrons. The van der Waals surface area contributed by atoms with Crippen molar-refractivity contribution >= 4 is 5.97 Å². The average Bonchev–Trinajstić information content (AvgIpc) is 3.16. The van der Waals surface area contributed by atoms with Crippen molar-refractivity contribution < 1.29 is 19.4 Å². The number of benzene rings is 1. The fourth-order valence-corrected chi connectivity index (χ4v) is 2.44. The lowest BCUT2D eigenvalue weighted by Gasteiger charge is -2.10. The monoisotopic (exact) mass is 302 g/mol. The fourth-order valence-electron chi connectivity index (χ4n) is 2.44. The molecule has 1 atom stereocenters. The SMILES string of the molecule is O=C(O)Cn1cc(-c2cccc(COC3CCOC3)c2)cn1. The maximum absolute atomic E-state index is 10.7. The van der Waals surface area contributed by atoms with Gasteiger partial charge in [-0.15, -0.1) is 0 Å². The first kappa shape index (κ1) is 14.7. The highest BCUT2D eigenvalue weighted by atomic mass is 16.5. The van der Waals surface area contributed by atoms with E-state index in [4.69, 9.17) is 14.6 Å². The van der Waals surface area contributed by atoms with Gasteiger partial charge in [0.2, 0.25) is 0 Å². The molecule has 1 N–H and O–H groups in total. The van der Waals surface area contributed by atoms with Crippen LogP contribution in [0.1, 0.15) is 12.0 Å². The highest BCUT2D eigenvalue weighted by Gasteiger charge is 2.15. The Morgan fingerprint density at radius 1 is 1.45 bits per heavy atom. The largest absolute Gasteiger partial charge is 0.480 e. The molecule has 0 spiro atoms. The molecule has 1 aliphatic heterocycles. The molecule has 1 fully saturated rings. The zero-order chi connectivity index (χ0) is 15.4. The van der Waals surface area contributed by atoms with E-state index in [1.165, 1.54) is 4.68 Å². The van der Waals surface area contributed by atoms with Gasteiger partial charge in [-0.05, 0) is 23.6 Å². The van der Waals surface area contributed by atoms with E-state index in [0.29, 0.717) is 13.2 Å². The zero-order valence-corrected chi connectivity index (χ0v) is 12.1. The number of hydrogen-bond donors (Lipinski definition) is 1. The quantitative estimate of drug-likeness (QED) is 0.882. The van der Waals surface area contributed by atoms with Crippen molar-refractivity contribution in [2.45, 2.75) is 25.7 Å². The summed E-state index contributed by atoms with van der Waals surface area (Å²) in [5.74, 6) is -0.907. The number of aliphatic carboxylic acids is 1. The lowest BCUT2D eigenvalue weighted by Crippen LogP contribution is -2.11. The summed E-state index contributed by atoms with van der Waals surface area (Å²) in [4.78, 5) is 10.7. The van der Waals surface area contributed by atoms with Gasteiger partial charge >= 0.3 is 5.97 Å². The van der Waals surface area contributed by atoms with Crippen LogP contribution in [0.25, 0.3) is 11.1 Å². The molecule has 116 valence electrons. The number of nitrogens with zero attached hydrogens (tertiary/aromatic N) is 2. The molecule has 3 rings (SSSR count). The summed E-state index contributed by atoms with van der Waals surface area (Å²) in [6.45, 7) is 1.85. The Morgan fingerprint density at radius 2 is 2.36 bits per heavy atom. The van der Waals surface area contributed by atoms with E-state index in [-0.39, 0.29) is 12.6 Å². The highest BCUT2D eigenvalue weighted by Crippen LogP contribution is 2.21. The molecule has 2 aromatic rings. The molecule has 0 amide bonds. The average molecular weight is 302 g/mol. The smallest absolute Gasteiger partial charge is 0.325 e. The second-order valence-corrected chi connectivity index (χ2v) is 5.32. The van der Waals surface area contributed by atoms with Crippen molar-refractivity contribution in [1.29, 1.82) is 0 Å². The van der Waals surface area contributed by atoms with E-state index in [2.05, 4.69) is 5.10 Å². The van der Waals surface area contributed by atoms with E-state index in [0.717, 1.165) is 29.7 Å². The highest BCUT2D eigenvalue weighted by molar-refractivity contribution is 5.67. The van der Waals surface area contributed by atoms with Gasteiger partial charge in [-0.1, -0.05) is 18.2 Å². The Hall–Kier alpha value is -2.18. The summed E-state index contributed by atoms with van der Waals surface area (Å²) in [5.41, 5.74) is 2.98. The predicted molar refractivity (Wildman–Crippen MR) is 79.3 cm³/mol. The molecule has 1 aliphatic rings. The van der Waals surface area contributed by atoms with Crippen LogP contribution in [-0.2, 0) is 27.4 Å². The molecule has 2 heterocycles. The third kappa shape index (κ3) is 3.72. The van der Waals surface area contributed by atoms with Crippen LogP contribution in [0.2, 0.25) is 0 Å². The van der Waals surface area contributed by atoms with Gasteiger partial charge in [-0.3, -0.25) is 9.48 Å². The first-order valence-corrected chi connectivity index (χ1v) is 7.23. The van der Waals surface area contributed by atoms with Gasteiger partial charge in [0.15, 0.2) is 0 Å². The molecule has 6 nitrogen and oxygen atoms in total. The van der Waals surface area contributed by atoms with Crippen molar-refractivity contribution in [3.63, 3.8) is 0 Å². The van der Waals surface area contributed by atoms with Crippen molar-refractivity contribution in [2.75, 3.05) is 13.2 Å². The van der Waals surface area contributed by atoms with Crippen LogP contribution in [0.5, 0.6) is 0 Å². The minimum Gasteiger partial charge on any atom is -0.480 e. The molecule has 0 aliphatic carbocycles. The number of rotatable bonds is 6. The maximum Gasteiger partial charge on any atom is 0.325 e. The number of ether oxygens (including phenoxy) is 2. The van der Waals surface area contributed by atoms with Gasteiger partial charge in [-0.2, -0.15) is 5.10 Å². The van der Waals surface area contributed by atoms with Crippen molar-refractivity contribution in [1.82, 2.24) is 9.78 Å². The standard InChI is InChI=1S/C16H18N2O4/c19-16(20)9-18-8-14(7-17-18)13-3-1-2-12(6-13)10-22-15-4-5-21-11-15/h1-3,6-8,15H,4-5,9-11H2,(H,19,20). The van der Waals surface area contributed by atoms with Gasteiger partial charge in [0.05, 0.1) is 25.5 Å². The molecule has 1 aromatic heterocycles. The van der Waals surface area contributed by atoms with E-state index >= 15 is 0 Å². The molecular weight excluding hydrogens is 284 g/mol. The molecule has 1 unspecified atom stereocenters. The van der Waals surface area contributed by atoms with Crippen molar-refractivity contribution in [3.8, 4) is 11.1 Å². The first-order valence-electron chi connectivity index (χ1n) is 7.23. The summed E-state index contributed by atoms with van der Waals surface area (Å²) < 4.78 is 12.5. The number of carboxylic acid groups (broad SMARTS) is 1. The van der Waals surface area contributed by atoms with Gasteiger partial charge in [-0.25, -0.2) is 0 Å². The summed E-state index contributed by atoms with van der Waals surface area (Å²) in [6.07, 6.45) is 4.54. The number of carbonyl (C=O) groups is 1. The molecule has 0 saturated carbocycles. The van der Waals surface area contributed by atoms with E-state index in [9.17, 15) is 4.79 Å². The van der Waals surface area contributed by atoms with Crippen LogP contribution in [0.3, 0.4) is 0 Å². The molecule has 0 bridgehead atoms. The van der Waals surface area contributed by atoms with Crippen molar-refractivity contribution in [3.05, 3.63) is 42.2 Å². The number of aromatic nitrogens is 2. The van der Waals surface area contributed by atoms with E-state index < -0.39 is 5.97 Å². The topological polar surface area (TPSA) is 73.6 Å². The van der Waals surface area contributed by atoms with Crippen LogP contribution >= 0.6 is 0 Å². The first-order chi connectivity index (χ1) is 10.7. The minimum absolute atomic E-state index is 0.134. The Balaban J connectivity index is 1.67.